The Morgan fingerprint density at radius 3 is 2.67 bits per heavy atom. The van der Waals surface area contributed by atoms with Crippen LogP contribution in [-0.4, -0.2) is 54.8 Å². The van der Waals surface area contributed by atoms with Crippen LogP contribution >= 0.6 is 11.6 Å². The highest BCUT2D eigenvalue weighted by Gasteiger charge is 2.46. The Labute approximate surface area is 209 Å². The van der Waals surface area contributed by atoms with Crippen molar-refractivity contribution in [2.75, 3.05) is 32.8 Å². The third-order valence-electron chi connectivity index (χ3n) is 6.38. The van der Waals surface area contributed by atoms with E-state index in [2.05, 4.69) is 5.32 Å². The highest BCUT2D eigenvalue weighted by atomic mass is 35.5. The van der Waals surface area contributed by atoms with Gasteiger partial charge in [-0.15, -0.1) is 0 Å². The van der Waals surface area contributed by atoms with Gasteiger partial charge in [0.15, 0.2) is 23.1 Å². The van der Waals surface area contributed by atoms with E-state index in [0.29, 0.717) is 23.5 Å². The van der Waals surface area contributed by atoms with Crippen LogP contribution in [0.4, 0.5) is 13.2 Å². The Balaban J connectivity index is 1.41. The average Bonchev–Trinajstić information content (AvgIpc) is 3.53. The monoisotopic (exact) mass is 524 g/mol. The van der Waals surface area contributed by atoms with Gasteiger partial charge in [-0.05, 0) is 67.9 Å². The maximum absolute atomic E-state index is 15.2. The Morgan fingerprint density at radius 2 is 1.89 bits per heavy atom. The number of carbonyl (C=O) groups excluding carboxylic acids is 1. The first-order chi connectivity index (χ1) is 17.2. The second kappa shape index (κ2) is 9.84. The quantitative estimate of drug-likeness (QED) is 0.476. The molecule has 5 rings (SSSR count). The first-order valence-electron chi connectivity index (χ1n) is 11.6. The number of nitrogens with one attached hydrogen (secondary N) is 1. The predicted molar refractivity (Wildman–Crippen MR) is 125 cm³/mol. The summed E-state index contributed by atoms with van der Waals surface area (Å²) in [6.07, 6.45) is 0.324. The summed E-state index contributed by atoms with van der Waals surface area (Å²) < 4.78 is 60.9. The molecule has 0 bridgehead atoms. The van der Waals surface area contributed by atoms with Crippen molar-refractivity contribution in [2.45, 2.75) is 30.9 Å². The van der Waals surface area contributed by atoms with Crippen LogP contribution < -0.4 is 14.8 Å². The molecule has 192 valence electrons. The highest BCUT2D eigenvalue weighted by Crippen LogP contribution is 2.38. The van der Waals surface area contributed by atoms with Crippen molar-refractivity contribution in [3.8, 4) is 11.5 Å². The fraction of sp³-hybridized carbons (Fsp3) is 0.400. The number of likely N-dealkylation sites (tertiary alicyclic amines) is 1. The molecule has 2 unspecified atom stereocenters. The van der Waals surface area contributed by atoms with Crippen LogP contribution in [0.3, 0.4) is 0 Å². The predicted octanol–water partition coefficient (Wildman–Crippen LogP) is 4.40. The lowest BCUT2D eigenvalue weighted by Gasteiger charge is -2.30. The zero-order valence-electron chi connectivity index (χ0n) is 19.1. The second-order valence-corrected chi connectivity index (χ2v) is 9.36. The van der Waals surface area contributed by atoms with Crippen LogP contribution in [0.1, 0.15) is 30.3 Å². The Bertz CT molecular complexity index is 1280. The standard InChI is InChI=1S/C25H24ClF3N2O5/c26-16-3-4-19-14(9-16)12-21(36-19)25(28,29)24(33)30-18(13-31-5-1-2-6-31)22(32)15-10-17(27)23-20(11-15)34-7-8-35-23/h3-4,9-12,18,22,32H,1-2,5-8,13H2,(H,30,33). The minimum absolute atomic E-state index is 0.0722. The summed E-state index contributed by atoms with van der Waals surface area (Å²) in [5.74, 6) is -7.25. The van der Waals surface area contributed by atoms with Gasteiger partial charge in [-0.3, -0.25) is 4.79 Å². The number of aliphatic hydroxyl groups is 1. The summed E-state index contributed by atoms with van der Waals surface area (Å²) in [5.41, 5.74) is 0.227. The van der Waals surface area contributed by atoms with Crippen LogP contribution in [0.5, 0.6) is 11.5 Å². The van der Waals surface area contributed by atoms with Gasteiger partial charge in [0, 0.05) is 17.0 Å². The van der Waals surface area contributed by atoms with Gasteiger partial charge in [0.1, 0.15) is 24.9 Å². The molecule has 36 heavy (non-hydrogen) atoms. The van der Waals surface area contributed by atoms with Gasteiger partial charge >= 0.3 is 5.92 Å². The van der Waals surface area contributed by atoms with Crippen LogP contribution in [0.2, 0.25) is 5.02 Å². The molecular formula is C25H24ClF3N2O5. The Morgan fingerprint density at radius 1 is 1.14 bits per heavy atom. The molecule has 2 atom stereocenters. The van der Waals surface area contributed by atoms with Gasteiger partial charge in [0.2, 0.25) is 0 Å². The molecular weight excluding hydrogens is 501 g/mol. The van der Waals surface area contributed by atoms with Crippen molar-refractivity contribution in [2.24, 2.45) is 0 Å². The molecule has 3 heterocycles. The third kappa shape index (κ3) is 4.85. The summed E-state index contributed by atoms with van der Waals surface area (Å²) in [6.45, 7) is 1.86. The molecule has 1 saturated heterocycles. The number of alkyl halides is 2. The number of ether oxygens (including phenoxy) is 2. The first-order valence-corrected chi connectivity index (χ1v) is 12.0. The number of carbonyl (C=O) groups is 1. The van der Waals surface area contributed by atoms with E-state index >= 15 is 8.78 Å². The normalized spacial score (nSPS) is 17.8. The van der Waals surface area contributed by atoms with Crippen LogP contribution in [0.15, 0.2) is 40.8 Å². The summed E-state index contributed by atoms with van der Waals surface area (Å²) in [6, 6.07) is 6.73. The number of amides is 1. The molecule has 1 fully saturated rings. The van der Waals surface area contributed by atoms with Crippen molar-refractivity contribution in [3.63, 3.8) is 0 Å². The molecule has 2 aliphatic heterocycles. The zero-order valence-corrected chi connectivity index (χ0v) is 19.9. The van der Waals surface area contributed by atoms with Gasteiger partial charge in [-0.1, -0.05) is 11.6 Å². The summed E-state index contributed by atoms with van der Waals surface area (Å²) in [4.78, 5) is 14.8. The topological polar surface area (TPSA) is 84.2 Å². The van der Waals surface area contributed by atoms with E-state index in [0.717, 1.165) is 25.0 Å². The van der Waals surface area contributed by atoms with E-state index in [1.807, 2.05) is 4.90 Å². The van der Waals surface area contributed by atoms with Crippen molar-refractivity contribution in [3.05, 3.63) is 58.6 Å². The van der Waals surface area contributed by atoms with Crippen molar-refractivity contribution in [1.29, 1.82) is 0 Å². The molecule has 2 aromatic carbocycles. The molecule has 11 heteroatoms. The lowest BCUT2D eigenvalue weighted by Crippen LogP contribution is -2.50. The van der Waals surface area contributed by atoms with Gasteiger partial charge < -0.3 is 29.2 Å². The fourth-order valence-corrected chi connectivity index (χ4v) is 4.72. The van der Waals surface area contributed by atoms with Crippen LogP contribution in [0.25, 0.3) is 11.0 Å². The number of fused-ring (bicyclic) bond motifs is 2. The van der Waals surface area contributed by atoms with Gasteiger partial charge in [0.05, 0.1) is 6.04 Å². The molecule has 0 saturated carbocycles. The molecule has 1 aromatic heterocycles. The van der Waals surface area contributed by atoms with E-state index in [9.17, 15) is 14.3 Å². The second-order valence-electron chi connectivity index (χ2n) is 8.93. The molecule has 0 aliphatic carbocycles. The van der Waals surface area contributed by atoms with Crippen molar-refractivity contribution >= 4 is 28.5 Å². The number of hydrogen-bond acceptors (Lipinski definition) is 6. The van der Waals surface area contributed by atoms with Gasteiger partial charge in [0.25, 0.3) is 5.91 Å². The fourth-order valence-electron chi connectivity index (χ4n) is 4.54. The molecule has 0 spiro atoms. The zero-order chi connectivity index (χ0) is 25.4. The SMILES string of the molecule is O=C(NC(CN1CCCC1)C(O)c1cc(F)c2c(c1)OCCO2)C(F)(F)c1cc2cc(Cl)ccc2o1. The van der Waals surface area contributed by atoms with E-state index in [1.165, 1.54) is 24.3 Å². The lowest BCUT2D eigenvalue weighted by atomic mass is 10.00. The molecule has 3 aromatic rings. The van der Waals surface area contributed by atoms with Gasteiger partial charge in [-0.2, -0.15) is 8.78 Å². The first kappa shape index (κ1) is 24.7. The number of nitrogens with zero attached hydrogens (tertiary/aromatic N) is 1. The molecule has 7 nitrogen and oxygen atoms in total. The average molecular weight is 525 g/mol. The molecule has 2 aliphatic rings. The van der Waals surface area contributed by atoms with E-state index < -0.39 is 35.6 Å². The largest absolute Gasteiger partial charge is 0.486 e. The lowest BCUT2D eigenvalue weighted by molar-refractivity contribution is -0.151. The molecule has 2 N–H and O–H groups in total. The van der Waals surface area contributed by atoms with E-state index in [4.69, 9.17) is 25.5 Å². The minimum atomic E-state index is -4.04. The number of benzene rings is 2. The minimum Gasteiger partial charge on any atom is -0.486 e. The summed E-state index contributed by atoms with van der Waals surface area (Å²) >= 11 is 5.92. The maximum Gasteiger partial charge on any atom is 0.380 e. The third-order valence-corrected chi connectivity index (χ3v) is 6.62. The van der Waals surface area contributed by atoms with E-state index in [1.54, 1.807) is 0 Å². The van der Waals surface area contributed by atoms with Crippen molar-refractivity contribution < 1.29 is 37.0 Å². The van der Waals surface area contributed by atoms with Gasteiger partial charge in [-0.25, -0.2) is 4.39 Å². The number of aliphatic hydroxyl groups excluding tert-OH is 1. The van der Waals surface area contributed by atoms with Crippen molar-refractivity contribution in [1.82, 2.24) is 10.2 Å². The number of halogens is 4. The van der Waals surface area contributed by atoms with Crippen LogP contribution in [-0.2, 0) is 10.7 Å². The van der Waals surface area contributed by atoms with E-state index in [-0.39, 0.29) is 42.4 Å². The summed E-state index contributed by atoms with van der Waals surface area (Å²) in [7, 11) is 0. The Kier molecular flexibility index (Phi) is 6.76. The van der Waals surface area contributed by atoms with Crippen LogP contribution in [0, 0.1) is 5.82 Å². The maximum atomic E-state index is 15.2. The number of furan rings is 1. The Hall–Kier alpha value is -2.95. The highest BCUT2D eigenvalue weighted by molar-refractivity contribution is 6.31. The number of rotatable bonds is 7. The summed E-state index contributed by atoms with van der Waals surface area (Å²) in [5, 5.41) is 14.0. The number of hydrogen-bond donors (Lipinski definition) is 2. The molecule has 0 radical (unpaired) electrons. The molecule has 1 amide bonds. The smallest absolute Gasteiger partial charge is 0.380 e.